The first-order chi connectivity index (χ1) is 7.34. The van der Waals surface area contributed by atoms with E-state index in [0.717, 1.165) is 17.4 Å². The van der Waals surface area contributed by atoms with Crippen molar-refractivity contribution < 1.29 is 0 Å². The summed E-state index contributed by atoms with van der Waals surface area (Å²) in [6.45, 7) is 2.19. The molecule has 0 amide bonds. The molecule has 0 bridgehead atoms. The summed E-state index contributed by atoms with van der Waals surface area (Å²) >= 11 is 0. The van der Waals surface area contributed by atoms with E-state index in [9.17, 15) is 0 Å². The van der Waals surface area contributed by atoms with Crippen molar-refractivity contribution in [3.8, 4) is 0 Å². The van der Waals surface area contributed by atoms with Crippen molar-refractivity contribution in [1.29, 1.82) is 0 Å². The number of nitrogens with one attached hydrogen (secondary N) is 1. The van der Waals surface area contributed by atoms with Crippen molar-refractivity contribution in [2.24, 2.45) is 5.92 Å². The first-order valence-electron chi connectivity index (χ1n) is 5.25. The molecular formula is C10H13N5. The Hall–Kier alpha value is -1.65. The van der Waals surface area contributed by atoms with Crippen LogP contribution in [0.3, 0.4) is 0 Å². The minimum absolute atomic E-state index is 0.473. The van der Waals surface area contributed by atoms with Crippen LogP contribution in [0.25, 0.3) is 5.65 Å². The van der Waals surface area contributed by atoms with Gasteiger partial charge >= 0.3 is 0 Å². The van der Waals surface area contributed by atoms with Crippen LogP contribution in [0.5, 0.6) is 0 Å². The Labute approximate surface area is 87.5 Å². The van der Waals surface area contributed by atoms with Gasteiger partial charge in [0.05, 0.1) is 0 Å². The molecule has 1 atom stereocenters. The van der Waals surface area contributed by atoms with E-state index in [2.05, 4.69) is 27.4 Å². The quantitative estimate of drug-likeness (QED) is 0.817. The molecule has 2 heterocycles. The van der Waals surface area contributed by atoms with Crippen LogP contribution in [0.1, 0.15) is 19.8 Å². The van der Waals surface area contributed by atoms with Gasteiger partial charge in [-0.3, -0.25) is 4.40 Å². The molecule has 78 valence electrons. The normalized spacial score (nSPS) is 17.9. The number of hydrogen-bond donors (Lipinski definition) is 1. The fourth-order valence-corrected chi connectivity index (χ4v) is 1.79. The minimum Gasteiger partial charge on any atom is -0.364 e. The van der Waals surface area contributed by atoms with Gasteiger partial charge in [0.25, 0.3) is 0 Å². The van der Waals surface area contributed by atoms with Crippen LogP contribution in [-0.4, -0.2) is 25.6 Å². The zero-order chi connectivity index (χ0) is 10.3. The van der Waals surface area contributed by atoms with Gasteiger partial charge in [0.15, 0.2) is 5.82 Å². The minimum atomic E-state index is 0.473. The molecule has 1 aliphatic carbocycles. The van der Waals surface area contributed by atoms with Gasteiger partial charge in [-0.25, -0.2) is 4.98 Å². The summed E-state index contributed by atoms with van der Waals surface area (Å²) in [6.07, 6.45) is 7.94. The number of anilines is 1. The number of nitrogens with zero attached hydrogens (tertiary/aromatic N) is 4. The molecular weight excluding hydrogens is 190 g/mol. The number of fused-ring (bicyclic) bond motifs is 1. The second-order valence-corrected chi connectivity index (χ2v) is 4.11. The predicted octanol–water partition coefficient (Wildman–Crippen LogP) is 1.33. The second kappa shape index (κ2) is 3.18. The maximum absolute atomic E-state index is 4.29. The Bertz CT molecular complexity index is 473. The summed E-state index contributed by atoms with van der Waals surface area (Å²) in [7, 11) is 0. The predicted molar refractivity (Wildman–Crippen MR) is 56.6 cm³/mol. The van der Waals surface area contributed by atoms with Crippen molar-refractivity contribution in [1.82, 2.24) is 19.6 Å². The van der Waals surface area contributed by atoms with Crippen LogP contribution in [-0.2, 0) is 0 Å². The molecule has 0 aromatic carbocycles. The van der Waals surface area contributed by atoms with Crippen LogP contribution in [0.2, 0.25) is 0 Å². The van der Waals surface area contributed by atoms with Crippen LogP contribution >= 0.6 is 0 Å². The highest BCUT2D eigenvalue weighted by atomic mass is 15.2. The summed E-state index contributed by atoms with van der Waals surface area (Å²) in [5, 5.41) is 11.3. The van der Waals surface area contributed by atoms with Crippen molar-refractivity contribution in [3.63, 3.8) is 0 Å². The SMILES string of the molecule is CC(Nc1nccn2cnnc12)C1CC1. The average Bonchev–Trinajstić information content (AvgIpc) is 2.97. The lowest BCUT2D eigenvalue weighted by atomic mass is 10.2. The standard InChI is InChI=1S/C10H13N5/c1-7(8-2-3-8)13-9-10-14-12-6-15(10)5-4-11-9/h4-8H,2-3H2,1H3,(H,11,13). The van der Waals surface area contributed by atoms with Crippen molar-refractivity contribution in [2.75, 3.05) is 5.32 Å². The molecule has 0 spiro atoms. The number of hydrogen-bond acceptors (Lipinski definition) is 4. The summed E-state index contributed by atoms with van der Waals surface area (Å²) < 4.78 is 1.87. The molecule has 5 heteroatoms. The molecule has 15 heavy (non-hydrogen) atoms. The molecule has 1 N–H and O–H groups in total. The van der Waals surface area contributed by atoms with Gasteiger partial charge in [-0.05, 0) is 25.7 Å². The first-order valence-corrected chi connectivity index (χ1v) is 5.25. The second-order valence-electron chi connectivity index (χ2n) is 4.11. The highest BCUT2D eigenvalue weighted by molar-refractivity contribution is 5.61. The third-order valence-corrected chi connectivity index (χ3v) is 2.91. The van der Waals surface area contributed by atoms with Gasteiger partial charge < -0.3 is 5.32 Å². The molecule has 2 aromatic rings. The zero-order valence-electron chi connectivity index (χ0n) is 8.59. The monoisotopic (exact) mass is 203 g/mol. The Kier molecular flexibility index (Phi) is 1.83. The van der Waals surface area contributed by atoms with Gasteiger partial charge in [-0.1, -0.05) is 0 Å². The van der Waals surface area contributed by atoms with Crippen molar-refractivity contribution in [2.45, 2.75) is 25.8 Å². The van der Waals surface area contributed by atoms with Crippen LogP contribution < -0.4 is 5.32 Å². The molecule has 1 saturated carbocycles. The molecule has 0 saturated heterocycles. The third kappa shape index (κ3) is 1.54. The van der Waals surface area contributed by atoms with Gasteiger partial charge in [0.1, 0.15) is 6.33 Å². The largest absolute Gasteiger partial charge is 0.364 e. The maximum Gasteiger partial charge on any atom is 0.203 e. The average molecular weight is 203 g/mol. The van der Waals surface area contributed by atoms with E-state index in [1.54, 1.807) is 12.5 Å². The summed E-state index contributed by atoms with van der Waals surface area (Å²) in [5.41, 5.74) is 0.796. The molecule has 1 fully saturated rings. The topological polar surface area (TPSA) is 55.1 Å². The Morgan fingerprint density at radius 1 is 1.53 bits per heavy atom. The molecule has 5 nitrogen and oxygen atoms in total. The smallest absolute Gasteiger partial charge is 0.203 e. The Balaban J connectivity index is 1.92. The summed E-state index contributed by atoms with van der Waals surface area (Å²) in [5.74, 6) is 1.63. The van der Waals surface area contributed by atoms with Gasteiger partial charge in [0, 0.05) is 18.4 Å². The van der Waals surface area contributed by atoms with E-state index < -0.39 is 0 Å². The zero-order valence-corrected chi connectivity index (χ0v) is 8.59. The van der Waals surface area contributed by atoms with Crippen LogP contribution in [0.4, 0.5) is 5.82 Å². The van der Waals surface area contributed by atoms with Gasteiger partial charge in [-0.2, -0.15) is 0 Å². The Morgan fingerprint density at radius 2 is 2.40 bits per heavy atom. The molecule has 3 rings (SSSR count). The lowest BCUT2D eigenvalue weighted by Gasteiger charge is -2.13. The molecule has 1 unspecified atom stereocenters. The van der Waals surface area contributed by atoms with Crippen LogP contribution in [0, 0.1) is 5.92 Å². The lowest BCUT2D eigenvalue weighted by molar-refractivity contribution is 0.690. The van der Waals surface area contributed by atoms with E-state index in [1.165, 1.54) is 12.8 Å². The van der Waals surface area contributed by atoms with E-state index in [-0.39, 0.29) is 0 Å². The molecule has 2 aromatic heterocycles. The van der Waals surface area contributed by atoms with Gasteiger partial charge in [-0.15, -0.1) is 10.2 Å². The van der Waals surface area contributed by atoms with Crippen LogP contribution in [0.15, 0.2) is 18.7 Å². The fourth-order valence-electron chi connectivity index (χ4n) is 1.79. The van der Waals surface area contributed by atoms with E-state index in [1.807, 2.05) is 10.6 Å². The van der Waals surface area contributed by atoms with E-state index in [4.69, 9.17) is 0 Å². The highest BCUT2D eigenvalue weighted by Gasteiger charge is 2.28. The van der Waals surface area contributed by atoms with E-state index in [0.29, 0.717) is 6.04 Å². The molecule has 1 aliphatic rings. The molecule has 0 radical (unpaired) electrons. The lowest BCUT2D eigenvalue weighted by Crippen LogP contribution is -2.18. The fraction of sp³-hybridized carbons (Fsp3) is 0.500. The highest BCUT2D eigenvalue weighted by Crippen LogP contribution is 2.33. The maximum atomic E-state index is 4.29. The first kappa shape index (κ1) is 8.64. The number of aromatic nitrogens is 4. The third-order valence-electron chi connectivity index (χ3n) is 2.91. The number of rotatable bonds is 3. The molecule has 0 aliphatic heterocycles. The Morgan fingerprint density at radius 3 is 3.20 bits per heavy atom. The summed E-state index contributed by atoms with van der Waals surface area (Å²) in [6, 6.07) is 0.473. The van der Waals surface area contributed by atoms with Gasteiger partial charge in [0.2, 0.25) is 5.65 Å². The van der Waals surface area contributed by atoms with Crippen molar-refractivity contribution >= 4 is 11.5 Å². The van der Waals surface area contributed by atoms with Crippen molar-refractivity contribution in [3.05, 3.63) is 18.7 Å². The van der Waals surface area contributed by atoms with E-state index >= 15 is 0 Å². The summed E-state index contributed by atoms with van der Waals surface area (Å²) in [4.78, 5) is 4.29.